The van der Waals surface area contributed by atoms with Crippen molar-refractivity contribution in [3.05, 3.63) is 69.8 Å². The number of carbonyl (C=O) groups is 2. The van der Waals surface area contributed by atoms with Gasteiger partial charge in [-0.05, 0) is 43.2 Å². The van der Waals surface area contributed by atoms with Crippen LogP contribution in [0.5, 0.6) is 5.75 Å². The molecule has 2 amide bonds. The molecule has 2 aromatic carbocycles. The molecular formula is C26H27BrN6O3S2. The van der Waals surface area contributed by atoms with Gasteiger partial charge in [0.25, 0.3) is 5.91 Å². The molecule has 0 radical (unpaired) electrons. The predicted octanol–water partition coefficient (Wildman–Crippen LogP) is 5.08. The van der Waals surface area contributed by atoms with Crippen LogP contribution in [-0.4, -0.2) is 43.4 Å². The van der Waals surface area contributed by atoms with Crippen molar-refractivity contribution in [2.75, 3.05) is 11.1 Å². The lowest BCUT2D eigenvalue weighted by Gasteiger charge is -2.15. The second-order valence-electron chi connectivity index (χ2n) is 8.31. The van der Waals surface area contributed by atoms with E-state index in [-0.39, 0.29) is 24.1 Å². The third-order valence-corrected chi connectivity index (χ3v) is 7.89. The van der Waals surface area contributed by atoms with Gasteiger partial charge in [0.2, 0.25) is 5.91 Å². The van der Waals surface area contributed by atoms with Gasteiger partial charge in [0.1, 0.15) is 5.75 Å². The van der Waals surface area contributed by atoms with Gasteiger partial charge in [-0.3, -0.25) is 9.59 Å². The van der Waals surface area contributed by atoms with E-state index < -0.39 is 6.10 Å². The van der Waals surface area contributed by atoms with Gasteiger partial charge < -0.3 is 19.9 Å². The Balaban J connectivity index is 1.23. The predicted molar refractivity (Wildman–Crippen MR) is 153 cm³/mol. The lowest BCUT2D eigenvalue weighted by Crippen LogP contribution is -2.36. The number of thiazole rings is 1. The topological polar surface area (TPSA) is 111 Å². The van der Waals surface area contributed by atoms with Gasteiger partial charge in [-0.2, -0.15) is 0 Å². The fraction of sp³-hybridized carbons (Fsp3) is 0.269. The average molecular weight is 616 g/mol. The number of rotatable bonds is 11. The molecule has 0 saturated carbocycles. The minimum atomic E-state index is -0.664. The molecule has 0 aliphatic heterocycles. The van der Waals surface area contributed by atoms with Crippen LogP contribution in [0.2, 0.25) is 0 Å². The first-order chi connectivity index (χ1) is 18.3. The van der Waals surface area contributed by atoms with E-state index in [9.17, 15) is 9.59 Å². The summed E-state index contributed by atoms with van der Waals surface area (Å²) >= 11 is 6.05. The van der Waals surface area contributed by atoms with Crippen LogP contribution in [-0.2, 0) is 29.6 Å². The number of amides is 2. The number of ether oxygens (including phenoxy) is 1. The summed E-state index contributed by atoms with van der Waals surface area (Å²) in [4.78, 5) is 29.5. The number of halogens is 1. The molecule has 1 atom stereocenters. The number of aromatic nitrogens is 4. The largest absolute Gasteiger partial charge is 0.481 e. The van der Waals surface area contributed by atoms with Crippen LogP contribution in [0.1, 0.15) is 25.2 Å². The Bertz CT molecular complexity index is 1390. The summed E-state index contributed by atoms with van der Waals surface area (Å²) in [6, 6.07) is 15.5. The monoisotopic (exact) mass is 614 g/mol. The third kappa shape index (κ3) is 7.42. The first-order valence-electron chi connectivity index (χ1n) is 11.9. The van der Waals surface area contributed by atoms with E-state index in [0.29, 0.717) is 21.9 Å². The van der Waals surface area contributed by atoms with E-state index in [1.165, 1.54) is 28.7 Å². The minimum Gasteiger partial charge on any atom is -0.481 e. The van der Waals surface area contributed by atoms with Crippen molar-refractivity contribution in [1.82, 2.24) is 25.1 Å². The zero-order chi connectivity index (χ0) is 27.1. The molecule has 9 nitrogen and oxygen atoms in total. The number of thioether (sulfide) groups is 1. The summed E-state index contributed by atoms with van der Waals surface area (Å²) in [5.74, 6) is 0.907. The SMILES string of the molecule is CCc1ccc(O[C@@H](C)C(=O)NCc2nnc(SCC(=O)Nc3nc(-c4ccc(Br)cc4)cs3)n2C)cc1. The first-order valence-corrected chi connectivity index (χ1v) is 14.5. The highest BCUT2D eigenvalue weighted by Gasteiger charge is 2.17. The van der Waals surface area contributed by atoms with E-state index in [1.807, 2.05) is 53.9 Å². The fourth-order valence-electron chi connectivity index (χ4n) is 3.37. The van der Waals surface area contributed by atoms with Gasteiger partial charge >= 0.3 is 0 Å². The van der Waals surface area contributed by atoms with Crippen molar-refractivity contribution in [2.45, 2.75) is 38.1 Å². The Kier molecular flexibility index (Phi) is 9.53. The molecule has 4 aromatic rings. The summed E-state index contributed by atoms with van der Waals surface area (Å²) < 4.78 is 8.48. The van der Waals surface area contributed by atoms with Crippen LogP contribution < -0.4 is 15.4 Å². The molecule has 0 spiro atoms. The highest BCUT2D eigenvalue weighted by Crippen LogP contribution is 2.26. The van der Waals surface area contributed by atoms with Crippen molar-refractivity contribution in [3.63, 3.8) is 0 Å². The third-order valence-electron chi connectivity index (χ3n) is 5.58. The van der Waals surface area contributed by atoms with Crippen molar-refractivity contribution >= 4 is 56.0 Å². The standard InChI is InChI=1S/C26H27BrN6O3S2/c1-4-17-5-11-20(12-6-17)36-16(2)24(35)28-13-22-31-32-26(33(22)3)38-15-23(34)30-25-29-21(14-37-25)18-7-9-19(27)10-8-18/h5-12,14,16H,4,13,15H2,1-3H3,(H,28,35)(H,29,30,34)/t16-/m0/s1. The number of anilines is 1. The summed E-state index contributed by atoms with van der Waals surface area (Å²) in [6.45, 7) is 3.97. The lowest BCUT2D eigenvalue weighted by molar-refractivity contribution is -0.127. The van der Waals surface area contributed by atoms with Crippen LogP contribution in [0.25, 0.3) is 11.3 Å². The number of nitrogens with one attached hydrogen (secondary N) is 2. The second-order valence-corrected chi connectivity index (χ2v) is 11.0. The van der Waals surface area contributed by atoms with E-state index in [2.05, 4.69) is 48.7 Å². The Hall–Kier alpha value is -3.22. The number of benzene rings is 2. The van der Waals surface area contributed by atoms with Gasteiger partial charge in [-0.1, -0.05) is 58.9 Å². The summed E-state index contributed by atoms with van der Waals surface area (Å²) in [5.41, 5.74) is 2.99. The number of aryl methyl sites for hydroxylation is 1. The molecule has 2 heterocycles. The van der Waals surface area contributed by atoms with E-state index >= 15 is 0 Å². The van der Waals surface area contributed by atoms with Crippen molar-refractivity contribution < 1.29 is 14.3 Å². The molecular weight excluding hydrogens is 588 g/mol. The van der Waals surface area contributed by atoms with Crippen LogP contribution in [0.4, 0.5) is 5.13 Å². The number of hydrogen-bond donors (Lipinski definition) is 2. The van der Waals surface area contributed by atoms with Crippen LogP contribution >= 0.6 is 39.0 Å². The summed E-state index contributed by atoms with van der Waals surface area (Å²) in [6.07, 6.45) is 0.280. The Morgan fingerprint density at radius 2 is 1.87 bits per heavy atom. The van der Waals surface area contributed by atoms with Crippen molar-refractivity contribution in [1.29, 1.82) is 0 Å². The Morgan fingerprint density at radius 3 is 2.58 bits per heavy atom. The molecule has 2 aromatic heterocycles. The van der Waals surface area contributed by atoms with E-state index in [0.717, 1.165) is 22.2 Å². The van der Waals surface area contributed by atoms with Gasteiger partial charge in [0.05, 0.1) is 18.0 Å². The molecule has 4 rings (SSSR count). The Morgan fingerprint density at radius 1 is 1.13 bits per heavy atom. The smallest absolute Gasteiger partial charge is 0.261 e. The Labute approximate surface area is 237 Å². The van der Waals surface area contributed by atoms with E-state index in [4.69, 9.17) is 4.74 Å². The van der Waals surface area contributed by atoms with Gasteiger partial charge in [-0.25, -0.2) is 4.98 Å². The highest BCUT2D eigenvalue weighted by atomic mass is 79.9. The molecule has 0 fully saturated rings. The van der Waals surface area contributed by atoms with Crippen LogP contribution in [0.15, 0.2) is 63.5 Å². The molecule has 0 unspecified atom stereocenters. The number of carbonyl (C=O) groups excluding carboxylic acids is 2. The first kappa shape index (κ1) is 27.8. The molecule has 0 bridgehead atoms. The number of nitrogens with zero attached hydrogens (tertiary/aromatic N) is 4. The zero-order valence-corrected chi connectivity index (χ0v) is 24.3. The van der Waals surface area contributed by atoms with Gasteiger partial charge in [-0.15, -0.1) is 21.5 Å². The quantitative estimate of drug-likeness (QED) is 0.227. The molecule has 12 heteroatoms. The maximum absolute atomic E-state index is 12.5. The van der Waals surface area contributed by atoms with Gasteiger partial charge in [0.15, 0.2) is 22.2 Å². The zero-order valence-electron chi connectivity index (χ0n) is 21.1. The van der Waals surface area contributed by atoms with Crippen molar-refractivity contribution in [3.8, 4) is 17.0 Å². The normalized spacial score (nSPS) is 11.7. The molecule has 0 saturated heterocycles. The maximum atomic E-state index is 12.5. The minimum absolute atomic E-state index is 0.146. The molecule has 0 aliphatic rings. The average Bonchev–Trinajstić information content (AvgIpc) is 3.53. The molecule has 198 valence electrons. The molecule has 2 N–H and O–H groups in total. The fourth-order valence-corrected chi connectivity index (χ4v) is 5.10. The molecule has 38 heavy (non-hydrogen) atoms. The lowest BCUT2D eigenvalue weighted by atomic mass is 10.2. The number of hydrogen-bond acceptors (Lipinski definition) is 8. The van der Waals surface area contributed by atoms with Crippen molar-refractivity contribution in [2.24, 2.45) is 7.05 Å². The molecule has 0 aliphatic carbocycles. The summed E-state index contributed by atoms with van der Waals surface area (Å²) in [7, 11) is 1.79. The van der Waals surface area contributed by atoms with Crippen LogP contribution in [0, 0.1) is 0 Å². The summed E-state index contributed by atoms with van der Waals surface area (Å²) in [5, 5.41) is 17.0. The second kappa shape index (κ2) is 13.0. The maximum Gasteiger partial charge on any atom is 0.261 e. The van der Waals surface area contributed by atoms with E-state index in [1.54, 1.807) is 18.5 Å². The van der Waals surface area contributed by atoms with Gasteiger partial charge in [0, 0.05) is 22.5 Å². The highest BCUT2D eigenvalue weighted by molar-refractivity contribution is 9.10. The van der Waals surface area contributed by atoms with Crippen LogP contribution in [0.3, 0.4) is 0 Å².